The number of piperidine rings is 2. The molecule has 3 heterocycles. The van der Waals surface area contributed by atoms with Crippen LogP contribution in [0.2, 0.25) is 0 Å². The van der Waals surface area contributed by atoms with E-state index in [9.17, 15) is 9.90 Å². The molecule has 1 N–H and O–H groups in total. The topological polar surface area (TPSA) is 53.0 Å². The van der Waals surface area contributed by atoms with Crippen molar-refractivity contribution in [1.82, 2.24) is 9.80 Å². The summed E-state index contributed by atoms with van der Waals surface area (Å²) in [5.74, 6) is 0.609. The lowest BCUT2D eigenvalue weighted by atomic mass is 9.79. The molecule has 2 atom stereocenters. The Labute approximate surface area is 175 Å². The van der Waals surface area contributed by atoms with Gasteiger partial charge in [-0.05, 0) is 50.2 Å². The smallest absolute Gasteiger partial charge is 0.253 e. The number of benzene rings is 1. The van der Waals surface area contributed by atoms with E-state index in [2.05, 4.69) is 18.7 Å². The second-order valence-corrected chi connectivity index (χ2v) is 9.60. The third-order valence-corrected chi connectivity index (χ3v) is 7.26. The summed E-state index contributed by atoms with van der Waals surface area (Å²) >= 11 is 0. The van der Waals surface area contributed by atoms with Crippen LogP contribution in [0.3, 0.4) is 0 Å². The number of carbonyl (C=O) groups is 1. The predicted octanol–water partition coefficient (Wildman–Crippen LogP) is 3.32. The van der Waals surface area contributed by atoms with Gasteiger partial charge in [0.05, 0.1) is 17.8 Å². The van der Waals surface area contributed by atoms with Gasteiger partial charge in [0, 0.05) is 44.2 Å². The van der Waals surface area contributed by atoms with Gasteiger partial charge in [-0.25, -0.2) is 0 Å². The number of amides is 1. The van der Waals surface area contributed by atoms with Gasteiger partial charge in [0.2, 0.25) is 0 Å². The van der Waals surface area contributed by atoms with Gasteiger partial charge in [0.25, 0.3) is 5.91 Å². The van der Waals surface area contributed by atoms with E-state index < -0.39 is 0 Å². The molecule has 3 aliphatic rings. The quantitative estimate of drug-likeness (QED) is 0.846. The summed E-state index contributed by atoms with van der Waals surface area (Å²) in [7, 11) is 0. The van der Waals surface area contributed by atoms with Crippen LogP contribution in [0.25, 0.3) is 0 Å². The second kappa shape index (κ2) is 8.75. The highest BCUT2D eigenvalue weighted by Gasteiger charge is 2.44. The Morgan fingerprint density at radius 3 is 2.38 bits per heavy atom. The minimum atomic E-state index is -0.227. The van der Waals surface area contributed by atoms with E-state index in [1.807, 2.05) is 35.2 Å². The van der Waals surface area contributed by atoms with Crippen molar-refractivity contribution >= 4 is 5.91 Å². The average molecular weight is 401 g/mol. The first-order chi connectivity index (χ1) is 14.0. The number of nitrogens with zero attached hydrogens (tertiary/aromatic N) is 2. The Hall–Kier alpha value is -1.43. The highest BCUT2D eigenvalue weighted by atomic mass is 16.5. The molecule has 3 fully saturated rings. The molecule has 160 valence electrons. The zero-order valence-corrected chi connectivity index (χ0v) is 17.9. The van der Waals surface area contributed by atoms with Crippen LogP contribution in [0.15, 0.2) is 30.3 Å². The highest BCUT2D eigenvalue weighted by Crippen LogP contribution is 2.40. The zero-order valence-electron chi connectivity index (χ0n) is 17.9. The van der Waals surface area contributed by atoms with Crippen molar-refractivity contribution in [1.29, 1.82) is 0 Å². The Morgan fingerprint density at radius 1 is 1.10 bits per heavy atom. The van der Waals surface area contributed by atoms with Gasteiger partial charge in [-0.3, -0.25) is 4.79 Å². The molecule has 1 spiro atoms. The van der Waals surface area contributed by atoms with Crippen molar-refractivity contribution in [2.45, 2.75) is 76.2 Å². The first-order valence-electron chi connectivity index (χ1n) is 11.4. The molecule has 4 rings (SSSR count). The Kier molecular flexibility index (Phi) is 6.28. The van der Waals surface area contributed by atoms with Crippen LogP contribution in [-0.4, -0.2) is 70.8 Å². The SMILES string of the molecule is CC(C)[C@H]1C[C@@H](O)CC2(CCN(C3CCN(C(=O)c4ccccc4)CC3)CC2)O1. The summed E-state index contributed by atoms with van der Waals surface area (Å²) in [5, 5.41) is 10.4. The first-order valence-corrected chi connectivity index (χ1v) is 11.4. The van der Waals surface area contributed by atoms with E-state index in [1.54, 1.807) is 0 Å². The molecule has 29 heavy (non-hydrogen) atoms. The summed E-state index contributed by atoms with van der Waals surface area (Å²) in [6.45, 7) is 8.13. The molecule has 5 heteroatoms. The monoisotopic (exact) mass is 400 g/mol. The van der Waals surface area contributed by atoms with Gasteiger partial charge in [-0.1, -0.05) is 32.0 Å². The van der Waals surface area contributed by atoms with Crippen LogP contribution in [0, 0.1) is 5.92 Å². The van der Waals surface area contributed by atoms with Crippen molar-refractivity contribution in [3.63, 3.8) is 0 Å². The third-order valence-electron chi connectivity index (χ3n) is 7.26. The molecule has 1 aromatic carbocycles. The van der Waals surface area contributed by atoms with E-state index in [0.29, 0.717) is 12.0 Å². The number of likely N-dealkylation sites (tertiary alicyclic amines) is 2. The third kappa shape index (κ3) is 4.68. The van der Waals surface area contributed by atoms with Crippen LogP contribution in [0.5, 0.6) is 0 Å². The van der Waals surface area contributed by atoms with Crippen molar-refractivity contribution in [3.8, 4) is 0 Å². The van der Waals surface area contributed by atoms with Crippen LogP contribution in [0.1, 0.15) is 62.7 Å². The molecule has 3 aliphatic heterocycles. The van der Waals surface area contributed by atoms with Crippen LogP contribution < -0.4 is 0 Å². The molecular formula is C24H36N2O3. The zero-order chi connectivity index (χ0) is 20.4. The minimum absolute atomic E-state index is 0.132. The maximum atomic E-state index is 12.7. The maximum Gasteiger partial charge on any atom is 0.253 e. The molecule has 0 aromatic heterocycles. The average Bonchev–Trinajstić information content (AvgIpc) is 2.74. The van der Waals surface area contributed by atoms with Gasteiger partial charge in [0.1, 0.15) is 0 Å². The molecule has 3 saturated heterocycles. The number of hydrogen-bond donors (Lipinski definition) is 1. The van der Waals surface area contributed by atoms with Crippen molar-refractivity contribution in [2.24, 2.45) is 5.92 Å². The van der Waals surface area contributed by atoms with Crippen LogP contribution in [-0.2, 0) is 4.74 Å². The van der Waals surface area contributed by atoms with Crippen LogP contribution >= 0.6 is 0 Å². The molecule has 5 nitrogen and oxygen atoms in total. The van der Waals surface area contributed by atoms with E-state index in [4.69, 9.17) is 4.74 Å². The number of hydrogen-bond acceptors (Lipinski definition) is 4. The van der Waals surface area contributed by atoms with Gasteiger partial charge in [-0.2, -0.15) is 0 Å². The summed E-state index contributed by atoms with van der Waals surface area (Å²) < 4.78 is 6.54. The molecule has 1 aromatic rings. The number of aliphatic hydroxyl groups excluding tert-OH is 1. The standard InChI is InChI=1S/C24H36N2O3/c1-18(2)22-16-21(27)17-24(29-22)10-14-25(15-11-24)20-8-12-26(13-9-20)23(28)19-6-4-3-5-7-19/h3-7,18,20-22,27H,8-17H2,1-2H3/t21-,22-/m1/s1. The lowest BCUT2D eigenvalue weighted by Gasteiger charge is -2.50. The van der Waals surface area contributed by atoms with E-state index in [1.165, 1.54) is 0 Å². The van der Waals surface area contributed by atoms with E-state index in [0.717, 1.165) is 70.3 Å². The number of rotatable bonds is 3. The van der Waals surface area contributed by atoms with Crippen molar-refractivity contribution in [3.05, 3.63) is 35.9 Å². The van der Waals surface area contributed by atoms with Gasteiger partial charge >= 0.3 is 0 Å². The Morgan fingerprint density at radius 2 is 1.76 bits per heavy atom. The first kappa shape index (κ1) is 20.8. The van der Waals surface area contributed by atoms with E-state index >= 15 is 0 Å². The summed E-state index contributed by atoms with van der Waals surface area (Å²) in [4.78, 5) is 17.3. The molecule has 1 amide bonds. The largest absolute Gasteiger partial charge is 0.393 e. The fourth-order valence-corrected chi connectivity index (χ4v) is 5.42. The summed E-state index contributed by atoms with van der Waals surface area (Å²) in [6.07, 6.45) is 5.62. The highest BCUT2D eigenvalue weighted by molar-refractivity contribution is 5.94. The fourth-order valence-electron chi connectivity index (χ4n) is 5.42. The van der Waals surface area contributed by atoms with Crippen LogP contribution in [0.4, 0.5) is 0 Å². The predicted molar refractivity (Wildman–Crippen MR) is 114 cm³/mol. The lowest BCUT2D eigenvalue weighted by molar-refractivity contribution is -0.195. The maximum absolute atomic E-state index is 12.7. The number of aliphatic hydroxyl groups is 1. The Balaban J connectivity index is 1.28. The Bertz CT molecular complexity index is 677. The fraction of sp³-hybridized carbons (Fsp3) is 0.708. The van der Waals surface area contributed by atoms with Gasteiger partial charge in [0.15, 0.2) is 0 Å². The molecule has 0 saturated carbocycles. The molecule has 0 radical (unpaired) electrons. The van der Waals surface area contributed by atoms with Gasteiger partial charge in [-0.15, -0.1) is 0 Å². The second-order valence-electron chi connectivity index (χ2n) is 9.60. The molecule has 0 bridgehead atoms. The molecule has 0 aliphatic carbocycles. The molecule has 0 unspecified atom stereocenters. The van der Waals surface area contributed by atoms with Gasteiger partial charge < -0.3 is 19.6 Å². The normalized spacial score (nSPS) is 28.8. The minimum Gasteiger partial charge on any atom is -0.393 e. The number of ether oxygens (including phenoxy) is 1. The summed E-state index contributed by atoms with van der Waals surface area (Å²) in [5.41, 5.74) is 0.658. The van der Waals surface area contributed by atoms with Crippen molar-refractivity contribution < 1.29 is 14.6 Å². The summed E-state index contributed by atoms with van der Waals surface area (Å²) in [6, 6.07) is 10.2. The van der Waals surface area contributed by atoms with E-state index in [-0.39, 0.29) is 23.7 Å². The lowest BCUT2D eigenvalue weighted by Crippen LogP contribution is -2.56. The number of carbonyl (C=O) groups excluding carboxylic acids is 1. The van der Waals surface area contributed by atoms with Crippen molar-refractivity contribution in [2.75, 3.05) is 26.2 Å². The molecular weight excluding hydrogens is 364 g/mol.